The highest BCUT2D eigenvalue weighted by Gasteiger charge is 2.26. The number of carbonyl (C=O) groups excluding carboxylic acids is 2. The molecule has 0 unspecified atom stereocenters. The minimum atomic E-state index is -0.921. The second-order valence-corrected chi connectivity index (χ2v) is 7.86. The first-order chi connectivity index (χ1) is 13.5. The van der Waals surface area contributed by atoms with Gasteiger partial charge in [0.2, 0.25) is 5.91 Å². The van der Waals surface area contributed by atoms with E-state index in [-0.39, 0.29) is 31.1 Å². The van der Waals surface area contributed by atoms with Crippen molar-refractivity contribution in [2.75, 3.05) is 5.32 Å². The molecule has 0 aromatic carbocycles. The fraction of sp³-hybridized carbons (Fsp3) is 0.400. The molecule has 3 rings (SSSR count). The lowest BCUT2D eigenvalue weighted by molar-refractivity contribution is -0.137. The largest absolute Gasteiger partial charge is 0.481 e. The summed E-state index contributed by atoms with van der Waals surface area (Å²) < 4.78 is 0. The molecule has 8 heteroatoms. The van der Waals surface area contributed by atoms with Gasteiger partial charge in [-0.25, -0.2) is 0 Å². The zero-order chi connectivity index (χ0) is 19.9. The van der Waals surface area contributed by atoms with Crippen molar-refractivity contribution in [3.8, 4) is 0 Å². The average molecular weight is 401 g/mol. The number of carboxylic acid groups (broad SMARTS) is 1. The number of carboxylic acids is 1. The maximum atomic E-state index is 12.9. The van der Waals surface area contributed by atoms with Gasteiger partial charge in [-0.2, -0.15) is 0 Å². The molecule has 28 heavy (non-hydrogen) atoms. The van der Waals surface area contributed by atoms with Gasteiger partial charge in [0, 0.05) is 36.7 Å². The summed E-state index contributed by atoms with van der Waals surface area (Å²) in [7, 11) is 0. The Kier molecular flexibility index (Phi) is 6.76. The van der Waals surface area contributed by atoms with Gasteiger partial charge in [0.05, 0.1) is 5.56 Å². The first-order valence-electron chi connectivity index (χ1n) is 9.38. The van der Waals surface area contributed by atoms with E-state index in [0.29, 0.717) is 17.1 Å². The zero-order valence-corrected chi connectivity index (χ0v) is 16.3. The Bertz CT molecular complexity index is 864. The number of anilines is 1. The second-order valence-electron chi connectivity index (χ2n) is 6.75. The number of nitrogens with zero attached hydrogens (tertiary/aromatic N) is 1. The van der Waals surface area contributed by atoms with Crippen LogP contribution in [-0.2, 0) is 29.0 Å². The standard InChI is InChI=1S/C20H23N3O4S/c24-16(8-3-9-17(25)26)23-20-18(14-6-1-2-7-15(14)28-20)19(27)22-12-13-5-4-10-21-11-13/h4-5,10-11H,1-3,6-9,12H2,(H,22,27)(H,23,24)(H,25,26). The van der Waals surface area contributed by atoms with Crippen LogP contribution >= 0.6 is 11.3 Å². The number of aromatic nitrogens is 1. The Morgan fingerprint density at radius 2 is 2.00 bits per heavy atom. The van der Waals surface area contributed by atoms with Crippen LogP contribution in [0.5, 0.6) is 0 Å². The lowest BCUT2D eigenvalue weighted by Crippen LogP contribution is -2.25. The molecule has 2 amide bonds. The summed E-state index contributed by atoms with van der Waals surface area (Å²) in [4.78, 5) is 40.9. The molecule has 0 aliphatic heterocycles. The van der Waals surface area contributed by atoms with Gasteiger partial charge in [0.1, 0.15) is 5.00 Å². The van der Waals surface area contributed by atoms with Crippen molar-refractivity contribution in [1.29, 1.82) is 0 Å². The minimum absolute atomic E-state index is 0.0488. The van der Waals surface area contributed by atoms with E-state index in [1.54, 1.807) is 12.4 Å². The molecular weight excluding hydrogens is 378 g/mol. The van der Waals surface area contributed by atoms with Crippen LogP contribution in [0.4, 0.5) is 5.00 Å². The van der Waals surface area contributed by atoms with E-state index in [4.69, 9.17) is 5.11 Å². The van der Waals surface area contributed by atoms with Gasteiger partial charge in [-0.15, -0.1) is 11.3 Å². The number of rotatable bonds is 8. The number of nitrogens with one attached hydrogen (secondary N) is 2. The molecule has 0 spiro atoms. The van der Waals surface area contributed by atoms with Gasteiger partial charge in [-0.1, -0.05) is 6.07 Å². The van der Waals surface area contributed by atoms with Crippen molar-refractivity contribution in [3.05, 3.63) is 46.1 Å². The number of thiophene rings is 1. The van der Waals surface area contributed by atoms with Crippen molar-refractivity contribution in [3.63, 3.8) is 0 Å². The average Bonchev–Trinajstić information content (AvgIpc) is 3.04. The molecule has 0 bridgehead atoms. The second kappa shape index (κ2) is 9.45. The van der Waals surface area contributed by atoms with E-state index in [2.05, 4.69) is 15.6 Å². The van der Waals surface area contributed by atoms with Crippen molar-refractivity contribution in [2.45, 2.75) is 51.5 Å². The molecule has 1 aliphatic rings. The molecule has 1 aliphatic carbocycles. The third kappa shape index (κ3) is 5.16. The summed E-state index contributed by atoms with van der Waals surface area (Å²) in [5.74, 6) is -1.39. The molecule has 2 aromatic rings. The Morgan fingerprint density at radius 1 is 1.18 bits per heavy atom. The van der Waals surface area contributed by atoms with E-state index < -0.39 is 5.97 Å². The lowest BCUT2D eigenvalue weighted by atomic mass is 9.95. The van der Waals surface area contributed by atoms with Gasteiger partial charge >= 0.3 is 5.97 Å². The Balaban J connectivity index is 1.72. The van der Waals surface area contributed by atoms with E-state index in [9.17, 15) is 14.4 Å². The number of amides is 2. The Labute approximate surface area is 167 Å². The van der Waals surface area contributed by atoms with E-state index in [1.807, 2.05) is 12.1 Å². The molecule has 3 N–H and O–H groups in total. The first kappa shape index (κ1) is 20.0. The maximum absolute atomic E-state index is 12.9. The number of fused-ring (bicyclic) bond motifs is 1. The maximum Gasteiger partial charge on any atom is 0.303 e. The summed E-state index contributed by atoms with van der Waals surface area (Å²) in [5, 5.41) is 15.0. The highest BCUT2D eigenvalue weighted by atomic mass is 32.1. The number of aliphatic carboxylic acids is 1. The van der Waals surface area contributed by atoms with Gasteiger partial charge in [0.15, 0.2) is 0 Å². The number of pyridine rings is 1. The zero-order valence-electron chi connectivity index (χ0n) is 15.5. The number of hydrogen-bond donors (Lipinski definition) is 3. The summed E-state index contributed by atoms with van der Waals surface area (Å²) in [6.07, 6.45) is 7.57. The normalized spacial score (nSPS) is 12.9. The number of aryl methyl sites for hydroxylation is 1. The van der Waals surface area contributed by atoms with Crippen LogP contribution in [0.2, 0.25) is 0 Å². The molecule has 0 fully saturated rings. The Morgan fingerprint density at radius 3 is 2.75 bits per heavy atom. The van der Waals surface area contributed by atoms with Gasteiger partial charge < -0.3 is 15.7 Å². The molecule has 0 saturated heterocycles. The highest BCUT2D eigenvalue weighted by Crippen LogP contribution is 2.38. The number of hydrogen-bond acceptors (Lipinski definition) is 5. The van der Waals surface area contributed by atoms with Crippen molar-refractivity contribution < 1.29 is 19.5 Å². The molecule has 0 atom stereocenters. The molecular formula is C20H23N3O4S. The van der Waals surface area contributed by atoms with Crippen LogP contribution in [0.25, 0.3) is 0 Å². The first-order valence-corrected chi connectivity index (χ1v) is 10.2. The van der Waals surface area contributed by atoms with E-state index >= 15 is 0 Å². The van der Waals surface area contributed by atoms with Crippen molar-refractivity contribution in [1.82, 2.24) is 10.3 Å². The van der Waals surface area contributed by atoms with Crippen LogP contribution in [-0.4, -0.2) is 27.9 Å². The highest BCUT2D eigenvalue weighted by molar-refractivity contribution is 7.17. The van der Waals surface area contributed by atoms with Crippen LogP contribution in [0, 0.1) is 0 Å². The van der Waals surface area contributed by atoms with Gasteiger partial charge in [-0.05, 0) is 49.3 Å². The predicted octanol–water partition coefficient (Wildman–Crippen LogP) is 3.15. The van der Waals surface area contributed by atoms with Crippen LogP contribution in [0.1, 0.15) is 58.5 Å². The fourth-order valence-electron chi connectivity index (χ4n) is 3.26. The van der Waals surface area contributed by atoms with Crippen LogP contribution < -0.4 is 10.6 Å². The SMILES string of the molecule is O=C(O)CCCC(=O)Nc1sc2c(c1C(=O)NCc1cccnc1)CCCC2. The monoisotopic (exact) mass is 401 g/mol. The van der Waals surface area contributed by atoms with E-state index in [1.165, 1.54) is 11.3 Å². The summed E-state index contributed by atoms with van der Waals surface area (Å²) in [6.45, 7) is 0.364. The number of carbonyl (C=O) groups is 3. The van der Waals surface area contributed by atoms with Crippen molar-refractivity contribution in [2.24, 2.45) is 0 Å². The molecule has 2 heterocycles. The third-order valence-electron chi connectivity index (χ3n) is 4.62. The molecule has 0 radical (unpaired) electrons. The molecule has 2 aromatic heterocycles. The van der Waals surface area contributed by atoms with Crippen molar-refractivity contribution >= 4 is 34.1 Å². The summed E-state index contributed by atoms with van der Waals surface area (Å²) in [6, 6.07) is 3.71. The minimum Gasteiger partial charge on any atom is -0.481 e. The van der Waals surface area contributed by atoms with Crippen LogP contribution in [0.15, 0.2) is 24.5 Å². The molecule has 0 saturated carbocycles. The summed E-state index contributed by atoms with van der Waals surface area (Å²) in [5.41, 5.74) is 2.48. The topological polar surface area (TPSA) is 108 Å². The molecule has 148 valence electrons. The quantitative estimate of drug-likeness (QED) is 0.630. The van der Waals surface area contributed by atoms with Gasteiger partial charge in [-0.3, -0.25) is 19.4 Å². The predicted molar refractivity (Wildman–Crippen MR) is 106 cm³/mol. The van der Waals surface area contributed by atoms with E-state index in [0.717, 1.165) is 41.7 Å². The smallest absolute Gasteiger partial charge is 0.303 e. The van der Waals surface area contributed by atoms with Crippen LogP contribution in [0.3, 0.4) is 0 Å². The lowest BCUT2D eigenvalue weighted by Gasteiger charge is -2.13. The third-order valence-corrected chi connectivity index (χ3v) is 5.83. The fourth-order valence-corrected chi connectivity index (χ4v) is 4.56. The molecule has 7 nitrogen and oxygen atoms in total. The van der Waals surface area contributed by atoms with Gasteiger partial charge in [0.25, 0.3) is 5.91 Å². The summed E-state index contributed by atoms with van der Waals surface area (Å²) >= 11 is 1.46. The Hall–Kier alpha value is -2.74.